The van der Waals surface area contributed by atoms with E-state index in [1.54, 1.807) is 0 Å². The predicted molar refractivity (Wildman–Crippen MR) is 79.0 cm³/mol. The zero-order valence-electron chi connectivity index (χ0n) is 12.7. The Bertz CT molecular complexity index is 497. The molecule has 0 amide bonds. The summed E-state index contributed by atoms with van der Waals surface area (Å²) in [5.74, 6) is 5.22. The highest BCUT2D eigenvalue weighted by Crippen LogP contribution is 2.60. The lowest BCUT2D eigenvalue weighted by molar-refractivity contribution is -0.0201. The fourth-order valence-corrected chi connectivity index (χ4v) is 6.06. The average molecular weight is 287 g/mol. The quantitative estimate of drug-likeness (QED) is 0.908. The van der Waals surface area contributed by atoms with E-state index in [1.165, 1.54) is 51.4 Å². The molecule has 2 heterocycles. The van der Waals surface area contributed by atoms with Crippen LogP contribution in [0.3, 0.4) is 0 Å². The van der Waals surface area contributed by atoms with Gasteiger partial charge in [-0.05, 0) is 75.7 Å². The van der Waals surface area contributed by atoms with E-state index in [4.69, 9.17) is 9.51 Å². The fourth-order valence-electron chi connectivity index (χ4n) is 6.06. The number of hydrogen-bond donors (Lipinski definition) is 1. The van der Waals surface area contributed by atoms with Crippen molar-refractivity contribution in [3.05, 3.63) is 11.7 Å². The van der Waals surface area contributed by atoms with Gasteiger partial charge < -0.3 is 9.84 Å². The molecule has 4 saturated carbocycles. The molecule has 1 unspecified atom stereocenters. The standard InChI is InChI=1S/C17H25N3O/c1-2-14(10-18-3-1)15-19-16(21-20-15)17-7-11-4-12(8-17)6-13(5-11)9-17/h11-14,18H,1-10H2. The second-order valence-corrected chi connectivity index (χ2v) is 8.20. The number of nitrogens with one attached hydrogen (secondary N) is 1. The van der Waals surface area contributed by atoms with Crippen molar-refractivity contribution in [1.82, 2.24) is 15.5 Å². The minimum atomic E-state index is 0.252. The molecule has 0 spiro atoms. The van der Waals surface area contributed by atoms with Crippen LogP contribution in [0.2, 0.25) is 0 Å². The molecule has 1 aromatic rings. The highest BCUT2D eigenvalue weighted by Gasteiger charge is 2.54. The minimum Gasteiger partial charge on any atom is -0.339 e. The van der Waals surface area contributed by atoms with Crippen LogP contribution in [0.4, 0.5) is 0 Å². The Balaban J connectivity index is 1.44. The van der Waals surface area contributed by atoms with Gasteiger partial charge in [-0.2, -0.15) is 4.98 Å². The van der Waals surface area contributed by atoms with E-state index in [0.29, 0.717) is 5.92 Å². The summed E-state index contributed by atoms with van der Waals surface area (Å²) in [7, 11) is 0. The van der Waals surface area contributed by atoms with Crippen molar-refractivity contribution >= 4 is 0 Å². The fraction of sp³-hybridized carbons (Fsp3) is 0.882. The van der Waals surface area contributed by atoms with Crippen LogP contribution in [0.25, 0.3) is 0 Å². The summed E-state index contributed by atoms with van der Waals surface area (Å²) in [6.45, 7) is 2.15. The molecule has 1 saturated heterocycles. The number of nitrogens with zero attached hydrogens (tertiary/aromatic N) is 2. The van der Waals surface area contributed by atoms with Gasteiger partial charge in [0.25, 0.3) is 0 Å². The number of aromatic nitrogens is 2. The normalized spacial score (nSPS) is 45.1. The Kier molecular flexibility index (Phi) is 2.73. The van der Waals surface area contributed by atoms with E-state index in [1.807, 2.05) is 0 Å². The number of hydrogen-bond acceptors (Lipinski definition) is 4. The van der Waals surface area contributed by atoms with E-state index in [9.17, 15) is 0 Å². The van der Waals surface area contributed by atoms with Crippen molar-refractivity contribution in [2.45, 2.75) is 62.7 Å². The van der Waals surface area contributed by atoms with Crippen molar-refractivity contribution in [2.75, 3.05) is 13.1 Å². The van der Waals surface area contributed by atoms with Crippen LogP contribution in [-0.4, -0.2) is 23.2 Å². The maximum absolute atomic E-state index is 5.81. The highest BCUT2D eigenvalue weighted by molar-refractivity contribution is 5.16. The molecular weight excluding hydrogens is 262 g/mol. The summed E-state index contributed by atoms with van der Waals surface area (Å²) >= 11 is 0. The molecule has 4 heteroatoms. The van der Waals surface area contributed by atoms with Gasteiger partial charge in [-0.25, -0.2) is 0 Å². The van der Waals surface area contributed by atoms with E-state index in [0.717, 1.165) is 42.6 Å². The molecule has 0 radical (unpaired) electrons. The Hall–Kier alpha value is -0.900. The molecule has 4 aliphatic carbocycles. The lowest BCUT2D eigenvalue weighted by atomic mass is 9.49. The van der Waals surface area contributed by atoms with Crippen LogP contribution >= 0.6 is 0 Å². The van der Waals surface area contributed by atoms with Gasteiger partial charge in [0.2, 0.25) is 5.89 Å². The lowest BCUT2D eigenvalue weighted by Gasteiger charge is -2.55. The van der Waals surface area contributed by atoms with Gasteiger partial charge in [0, 0.05) is 12.5 Å². The van der Waals surface area contributed by atoms with Crippen LogP contribution < -0.4 is 5.32 Å². The molecule has 21 heavy (non-hydrogen) atoms. The molecule has 5 aliphatic rings. The molecule has 4 nitrogen and oxygen atoms in total. The number of rotatable bonds is 2. The summed E-state index contributed by atoms with van der Waals surface area (Å²) in [6.07, 6.45) is 10.8. The Morgan fingerprint density at radius 1 is 1.05 bits per heavy atom. The number of piperidine rings is 1. The van der Waals surface area contributed by atoms with Gasteiger partial charge in [-0.15, -0.1) is 0 Å². The van der Waals surface area contributed by atoms with E-state index >= 15 is 0 Å². The smallest absolute Gasteiger partial charge is 0.232 e. The summed E-state index contributed by atoms with van der Waals surface area (Å²) in [4.78, 5) is 4.91. The van der Waals surface area contributed by atoms with Crippen LogP contribution in [0.15, 0.2) is 4.52 Å². The molecule has 1 aliphatic heterocycles. The Labute approximate surface area is 126 Å². The first-order valence-electron chi connectivity index (χ1n) is 8.85. The van der Waals surface area contributed by atoms with Gasteiger partial charge in [0.15, 0.2) is 5.82 Å². The Morgan fingerprint density at radius 2 is 1.76 bits per heavy atom. The van der Waals surface area contributed by atoms with E-state index in [2.05, 4.69) is 10.5 Å². The van der Waals surface area contributed by atoms with E-state index < -0.39 is 0 Å². The first-order valence-corrected chi connectivity index (χ1v) is 8.85. The second-order valence-electron chi connectivity index (χ2n) is 8.20. The third-order valence-electron chi connectivity index (χ3n) is 6.60. The highest BCUT2D eigenvalue weighted by atomic mass is 16.5. The predicted octanol–water partition coefficient (Wildman–Crippen LogP) is 3.00. The lowest BCUT2D eigenvalue weighted by Crippen LogP contribution is -2.48. The van der Waals surface area contributed by atoms with Gasteiger partial charge >= 0.3 is 0 Å². The first kappa shape index (κ1) is 12.6. The van der Waals surface area contributed by atoms with Crippen molar-refractivity contribution < 1.29 is 4.52 Å². The van der Waals surface area contributed by atoms with Crippen LogP contribution in [0, 0.1) is 17.8 Å². The van der Waals surface area contributed by atoms with Gasteiger partial charge in [0.05, 0.1) is 5.41 Å². The molecule has 6 rings (SSSR count). The van der Waals surface area contributed by atoms with E-state index in [-0.39, 0.29) is 5.41 Å². The molecule has 5 fully saturated rings. The molecule has 1 aromatic heterocycles. The van der Waals surface area contributed by atoms with Gasteiger partial charge in [0.1, 0.15) is 0 Å². The van der Waals surface area contributed by atoms with Crippen molar-refractivity contribution in [2.24, 2.45) is 17.8 Å². The summed E-state index contributed by atoms with van der Waals surface area (Å²) in [5, 5.41) is 7.83. The van der Waals surface area contributed by atoms with Crippen molar-refractivity contribution in [3.8, 4) is 0 Å². The van der Waals surface area contributed by atoms with Crippen molar-refractivity contribution in [3.63, 3.8) is 0 Å². The van der Waals surface area contributed by atoms with Crippen molar-refractivity contribution in [1.29, 1.82) is 0 Å². The molecule has 0 aromatic carbocycles. The summed E-state index contributed by atoms with van der Waals surface area (Å²) in [5.41, 5.74) is 0.252. The molecule has 114 valence electrons. The zero-order valence-corrected chi connectivity index (χ0v) is 12.7. The largest absolute Gasteiger partial charge is 0.339 e. The Morgan fingerprint density at radius 3 is 2.38 bits per heavy atom. The second kappa shape index (κ2) is 4.55. The topological polar surface area (TPSA) is 51.0 Å². The molecule has 1 atom stereocenters. The van der Waals surface area contributed by atoms with Gasteiger partial charge in [-0.3, -0.25) is 0 Å². The molecule has 1 N–H and O–H groups in total. The van der Waals surface area contributed by atoms with Crippen LogP contribution in [0.5, 0.6) is 0 Å². The SMILES string of the molecule is C1CNCC(c2noc(C34CC5CC(CC(C5)C3)C4)n2)C1. The molecule has 4 bridgehead atoms. The average Bonchev–Trinajstić information content (AvgIpc) is 2.97. The van der Waals surface area contributed by atoms with Crippen LogP contribution in [-0.2, 0) is 5.41 Å². The van der Waals surface area contributed by atoms with Gasteiger partial charge in [-0.1, -0.05) is 5.16 Å². The monoisotopic (exact) mass is 287 g/mol. The minimum absolute atomic E-state index is 0.252. The third-order valence-corrected chi connectivity index (χ3v) is 6.60. The maximum Gasteiger partial charge on any atom is 0.232 e. The zero-order chi connectivity index (χ0) is 13.9. The first-order chi connectivity index (χ1) is 10.3. The molecular formula is C17H25N3O. The van der Waals surface area contributed by atoms with Crippen LogP contribution in [0.1, 0.15) is 69.0 Å². The summed E-state index contributed by atoms with van der Waals surface area (Å²) < 4.78 is 5.81. The maximum atomic E-state index is 5.81. The summed E-state index contributed by atoms with van der Waals surface area (Å²) in [6, 6.07) is 0. The third kappa shape index (κ3) is 1.98.